The summed E-state index contributed by atoms with van der Waals surface area (Å²) in [6.45, 7) is 1.53. The summed E-state index contributed by atoms with van der Waals surface area (Å²) < 4.78 is 1.58. The molecule has 0 atom stereocenters. The van der Waals surface area contributed by atoms with E-state index in [0.29, 0.717) is 5.56 Å². The molecular weight excluding hydrogens is 154 g/mol. The Morgan fingerprint density at radius 3 is 3.08 bits per heavy atom. The highest BCUT2D eigenvalue weighted by Gasteiger charge is 2.00. The first-order valence-electron chi connectivity index (χ1n) is 3.58. The van der Waals surface area contributed by atoms with Crippen LogP contribution in [0, 0.1) is 0 Å². The van der Waals surface area contributed by atoms with Crippen molar-refractivity contribution in [3.63, 3.8) is 0 Å². The van der Waals surface area contributed by atoms with E-state index in [9.17, 15) is 4.79 Å². The molecule has 0 bridgehead atoms. The number of aromatic nitrogens is 3. The average molecular weight is 161 g/mol. The van der Waals surface area contributed by atoms with Crippen LogP contribution in [0.25, 0.3) is 5.52 Å². The molecule has 0 unspecified atom stereocenters. The fourth-order valence-corrected chi connectivity index (χ4v) is 1.03. The molecule has 0 aliphatic rings. The van der Waals surface area contributed by atoms with Gasteiger partial charge in [0.2, 0.25) is 0 Å². The highest BCUT2D eigenvalue weighted by Crippen LogP contribution is 2.04. The molecule has 2 aromatic rings. The van der Waals surface area contributed by atoms with Gasteiger partial charge in [-0.3, -0.25) is 4.79 Å². The molecule has 4 nitrogen and oxygen atoms in total. The number of Topliss-reactive ketones (excluding diaryl/α,β-unsaturated/α-hetero) is 1. The Kier molecular flexibility index (Phi) is 1.40. The van der Waals surface area contributed by atoms with Crippen LogP contribution in [0.4, 0.5) is 0 Å². The summed E-state index contributed by atoms with van der Waals surface area (Å²) in [5, 5.41) is 7.48. The van der Waals surface area contributed by atoms with Gasteiger partial charge in [0.25, 0.3) is 0 Å². The van der Waals surface area contributed by atoms with Crippen LogP contribution in [0.15, 0.2) is 24.5 Å². The highest BCUT2D eigenvalue weighted by atomic mass is 16.1. The van der Waals surface area contributed by atoms with E-state index in [1.54, 1.807) is 23.0 Å². The molecule has 4 heteroatoms. The summed E-state index contributed by atoms with van der Waals surface area (Å²) in [5.74, 6) is 0.0346. The number of hydrogen-bond donors (Lipinski definition) is 0. The van der Waals surface area contributed by atoms with Gasteiger partial charge in [-0.05, 0) is 19.1 Å². The van der Waals surface area contributed by atoms with Gasteiger partial charge in [0.05, 0.1) is 11.7 Å². The SMILES string of the molecule is CC(=O)c1ccc2cnnn2c1. The third kappa shape index (κ3) is 0.972. The minimum Gasteiger partial charge on any atom is -0.294 e. The number of hydrogen-bond acceptors (Lipinski definition) is 3. The molecule has 0 aliphatic heterocycles. The fourth-order valence-electron chi connectivity index (χ4n) is 1.03. The quantitative estimate of drug-likeness (QED) is 0.584. The predicted molar refractivity (Wildman–Crippen MR) is 43.0 cm³/mol. The van der Waals surface area contributed by atoms with Gasteiger partial charge in [-0.25, -0.2) is 4.52 Å². The molecule has 0 saturated carbocycles. The number of pyridine rings is 1. The van der Waals surface area contributed by atoms with Gasteiger partial charge in [-0.2, -0.15) is 0 Å². The molecule has 60 valence electrons. The zero-order valence-electron chi connectivity index (χ0n) is 6.56. The number of nitrogens with zero attached hydrogens (tertiary/aromatic N) is 3. The van der Waals surface area contributed by atoms with Crippen LogP contribution in [0.1, 0.15) is 17.3 Å². The molecule has 0 fully saturated rings. The van der Waals surface area contributed by atoms with Gasteiger partial charge in [0.1, 0.15) is 0 Å². The second kappa shape index (κ2) is 2.41. The van der Waals surface area contributed by atoms with Crippen molar-refractivity contribution in [1.29, 1.82) is 0 Å². The van der Waals surface area contributed by atoms with E-state index in [1.807, 2.05) is 6.07 Å². The molecule has 0 radical (unpaired) electrons. The van der Waals surface area contributed by atoms with E-state index in [4.69, 9.17) is 0 Å². The summed E-state index contributed by atoms with van der Waals surface area (Å²) in [4.78, 5) is 10.9. The predicted octanol–water partition coefficient (Wildman–Crippen LogP) is 0.932. The molecule has 0 spiro atoms. The van der Waals surface area contributed by atoms with E-state index >= 15 is 0 Å². The Hall–Kier alpha value is -1.71. The molecule has 2 rings (SSSR count). The summed E-state index contributed by atoms with van der Waals surface area (Å²) in [7, 11) is 0. The van der Waals surface area contributed by atoms with Crippen LogP contribution in [0.3, 0.4) is 0 Å². The van der Waals surface area contributed by atoms with Gasteiger partial charge < -0.3 is 0 Å². The summed E-state index contributed by atoms with van der Waals surface area (Å²) in [5.41, 5.74) is 1.54. The van der Waals surface area contributed by atoms with Crippen molar-refractivity contribution >= 4 is 11.3 Å². The van der Waals surface area contributed by atoms with Crippen LogP contribution in [0.2, 0.25) is 0 Å². The largest absolute Gasteiger partial charge is 0.294 e. The highest BCUT2D eigenvalue weighted by molar-refractivity contribution is 5.94. The zero-order valence-corrected chi connectivity index (χ0v) is 6.56. The summed E-state index contributed by atoms with van der Waals surface area (Å²) >= 11 is 0. The maximum atomic E-state index is 10.9. The molecule has 2 aromatic heterocycles. The van der Waals surface area contributed by atoms with E-state index in [-0.39, 0.29) is 5.78 Å². The third-order valence-electron chi connectivity index (χ3n) is 1.70. The van der Waals surface area contributed by atoms with Crippen LogP contribution < -0.4 is 0 Å². The maximum Gasteiger partial charge on any atom is 0.161 e. The van der Waals surface area contributed by atoms with Crippen LogP contribution >= 0.6 is 0 Å². The Bertz CT molecular complexity index is 433. The Labute approximate surface area is 68.8 Å². The Morgan fingerprint density at radius 2 is 2.33 bits per heavy atom. The number of carbonyl (C=O) groups is 1. The zero-order chi connectivity index (χ0) is 8.55. The van der Waals surface area contributed by atoms with Gasteiger partial charge in [-0.15, -0.1) is 5.10 Å². The van der Waals surface area contributed by atoms with Gasteiger partial charge in [0, 0.05) is 11.8 Å². The lowest BCUT2D eigenvalue weighted by molar-refractivity contribution is 0.101. The van der Waals surface area contributed by atoms with Crippen molar-refractivity contribution < 1.29 is 4.79 Å². The first kappa shape index (κ1) is 6.97. The van der Waals surface area contributed by atoms with Crippen molar-refractivity contribution in [2.75, 3.05) is 0 Å². The topological polar surface area (TPSA) is 47.3 Å². The van der Waals surface area contributed by atoms with Crippen molar-refractivity contribution in [2.45, 2.75) is 6.92 Å². The lowest BCUT2D eigenvalue weighted by Crippen LogP contribution is -1.96. The monoisotopic (exact) mass is 161 g/mol. The lowest BCUT2D eigenvalue weighted by Gasteiger charge is -1.94. The van der Waals surface area contributed by atoms with Crippen LogP contribution in [-0.2, 0) is 0 Å². The van der Waals surface area contributed by atoms with Gasteiger partial charge in [-0.1, -0.05) is 5.21 Å². The van der Waals surface area contributed by atoms with E-state index in [2.05, 4.69) is 10.3 Å². The molecule has 0 amide bonds. The maximum absolute atomic E-state index is 10.9. The molecule has 0 aliphatic carbocycles. The summed E-state index contributed by atoms with van der Waals surface area (Å²) in [6.07, 6.45) is 3.31. The fraction of sp³-hybridized carbons (Fsp3) is 0.125. The standard InChI is InChI=1S/C8H7N3O/c1-6(12)7-2-3-8-4-9-10-11(8)5-7/h2-5H,1H3. The second-order valence-corrected chi connectivity index (χ2v) is 2.58. The lowest BCUT2D eigenvalue weighted by atomic mass is 10.2. The Balaban J connectivity index is 2.68. The molecule has 12 heavy (non-hydrogen) atoms. The van der Waals surface area contributed by atoms with Crippen molar-refractivity contribution in [3.8, 4) is 0 Å². The Morgan fingerprint density at radius 1 is 1.50 bits per heavy atom. The molecule has 2 heterocycles. The van der Waals surface area contributed by atoms with Crippen LogP contribution in [-0.4, -0.2) is 20.6 Å². The third-order valence-corrected chi connectivity index (χ3v) is 1.70. The number of rotatable bonds is 1. The van der Waals surface area contributed by atoms with Crippen molar-refractivity contribution in [3.05, 3.63) is 30.1 Å². The van der Waals surface area contributed by atoms with E-state index in [1.165, 1.54) is 6.92 Å². The van der Waals surface area contributed by atoms with Gasteiger partial charge >= 0.3 is 0 Å². The molecule has 0 N–H and O–H groups in total. The minimum atomic E-state index is 0.0346. The molecule has 0 saturated heterocycles. The smallest absolute Gasteiger partial charge is 0.161 e. The molecular formula is C8H7N3O. The number of fused-ring (bicyclic) bond motifs is 1. The van der Waals surface area contributed by atoms with E-state index < -0.39 is 0 Å². The first-order chi connectivity index (χ1) is 5.77. The second-order valence-electron chi connectivity index (χ2n) is 2.58. The minimum absolute atomic E-state index is 0.0346. The van der Waals surface area contributed by atoms with Gasteiger partial charge in [0.15, 0.2) is 5.78 Å². The van der Waals surface area contributed by atoms with Crippen LogP contribution in [0.5, 0.6) is 0 Å². The average Bonchev–Trinajstić information content (AvgIpc) is 2.49. The molecule has 0 aromatic carbocycles. The normalized spacial score (nSPS) is 10.4. The number of ketones is 1. The van der Waals surface area contributed by atoms with E-state index in [0.717, 1.165) is 5.52 Å². The van der Waals surface area contributed by atoms with Crippen molar-refractivity contribution in [2.24, 2.45) is 0 Å². The van der Waals surface area contributed by atoms with Crippen molar-refractivity contribution in [1.82, 2.24) is 14.8 Å². The first-order valence-corrected chi connectivity index (χ1v) is 3.58. The number of carbonyl (C=O) groups excluding carboxylic acids is 1. The summed E-state index contributed by atoms with van der Waals surface area (Å²) in [6, 6.07) is 3.58.